The van der Waals surface area contributed by atoms with E-state index in [2.05, 4.69) is 15.4 Å². The number of aromatic nitrogens is 3. The van der Waals surface area contributed by atoms with E-state index in [0.29, 0.717) is 19.5 Å². The molecule has 0 bridgehead atoms. The van der Waals surface area contributed by atoms with Crippen molar-refractivity contribution in [2.24, 2.45) is 0 Å². The summed E-state index contributed by atoms with van der Waals surface area (Å²) in [6.07, 6.45) is 2.49. The predicted octanol–water partition coefficient (Wildman–Crippen LogP) is 2.63. The third-order valence-corrected chi connectivity index (χ3v) is 4.88. The van der Waals surface area contributed by atoms with E-state index in [4.69, 9.17) is 0 Å². The maximum Gasteiger partial charge on any atom is 0.271 e. The number of hydrogen-bond donors (Lipinski definition) is 1. The molecule has 1 amide bonds. The van der Waals surface area contributed by atoms with Crippen molar-refractivity contribution in [3.8, 4) is 0 Å². The number of aryl methyl sites for hydroxylation is 1. The van der Waals surface area contributed by atoms with Gasteiger partial charge in [-0.15, -0.1) is 11.3 Å². The lowest BCUT2D eigenvalue weighted by molar-refractivity contribution is 0.0946. The first-order valence-electron chi connectivity index (χ1n) is 8.38. The van der Waals surface area contributed by atoms with Gasteiger partial charge in [-0.05, 0) is 24.6 Å². The molecular formula is C18H20N4O2S. The van der Waals surface area contributed by atoms with Crippen LogP contribution in [0.4, 0.5) is 0 Å². The molecule has 0 saturated carbocycles. The fourth-order valence-corrected chi connectivity index (χ4v) is 3.41. The van der Waals surface area contributed by atoms with E-state index in [1.165, 1.54) is 16.8 Å². The summed E-state index contributed by atoms with van der Waals surface area (Å²) >= 11 is 1.63. The number of nitrogens with zero attached hydrogens (tertiary/aromatic N) is 3. The third kappa shape index (κ3) is 4.30. The zero-order chi connectivity index (χ0) is 17.6. The topological polar surface area (TPSA) is 76.9 Å². The standard InChI is InChI=1S/C18H20N4O2S/c1-2-3-12-22-17(23)9-8-14(21-22)18(24)19-11-10-16-20-13-6-4-5-7-15(13)25-16/h4-9H,2-3,10-12H2,1H3,(H,19,24). The third-order valence-electron chi connectivity index (χ3n) is 3.79. The summed E-state index contributed by atoms with van der Waals surface area (Å²) in [5.41, 5.74) is 1.07. The fraction of sp³-hybridized carbons (Fsp3) is 0.333. The van der Waals surface area contributed by atoms with E-state index in [0.717, 1.165) is 28.1 Å². The molecule has 0 spiro atoms. The number of rotatable bonds is 7. The lowest BCUT2D eigenvalue weighted by Gasteiger charge is -2.07. The number of hydrogen-bond acceptors (Lipinski definition) is 5. The van der Waals surface area contributed by atoms with Gasteiger partial charge in [-0.2, -0.15) is 5.10 Å². The first kappa shape index (κ1) is 17.3. The van der Waals surface area contributed by atoms with Gasteiger partial charge >= 0.3 is 0 Å². The van der Waals surface area contributed by atoms with Crippen molar-refractivity contribution >= 4 is 27.5 Å². The molecular weight excluding hydrogens is 336 g/mol. The maximum absolute atomic E-state index is 12.2. The number of amides is 1. The van der Waals surface area contributed by atoms with Crippen molar-refractivity contribution in [1.29, 1.82) is 0 Å². The Labute approximate surface area is 149 Å². The van der Waals surface area contributed by atoms with Crippen molar-refractivity contribution in [1.82, 2.24) is 20.1 Å². The largest absolute Gasteiger partial charge is 0.350 e. The van der Waals surface area contributed by atoms with E-state index in [1.807, 2.05) is 31.2 Å². The van der Waals surface area contributed by atoms with Crippen LogP contribution in [0.2, 0.25) is 0 Å². The number of thiazole rings is 1. The van der Waals surface area contributed by atoms with Crippen LogP contribution in [0.1, 0.15) is 35.3 Å². The molecule has 0 atom stereocenters. The quantitative estimate of drug-likeness (QED) is 0.706. The minimum absolute atomic E-state index is 0.181. The molecule has 0 aliphatic carbocycles. The Morgan fingerprint density at radius 1 is 1.24 bits per heavy atom. The van der Waals surface area contributed by atoms with E-state index in [1.54, 1.807) is 11.3 Å². The van der Waals surface area contributed by atoms with Crippen LogP contribution in [0.15, 0.2) is 41.2 Å². The Kier molecular flexibility index (Phi) is 5.55. The monoisotopic (exact) mass is 356 g/mol. The summed E-state index contributed by atoms with van der Waals surface area (Å²) in [5, 5.41) is 7.98. The number of benzene rings is 1. The Hall–Kier alpha value is -2.54. The molecule has 0 aliphatic heterocycles. The van der Waals surface area contributed by atoms with Crippen LogP contribution in [-0.4, -0.2) is 27.2 Å². The van der Waals surface area contributed by atoms with Gasteiger partial charge < -0.3 is 5.32 Å². The van der Waals surface area contributed by atoms with Gasteiger partial charge in [-0.1, -0.05) is 25.5 Å². The van der Waals surface area contributed by atoms with Crippen LogP contribution in [0.25, 0.3) is 10.2 Å². The van der Waals surface area contributed by atoms with Crippen molar-refractivity contribution in [2.75, 3.05) is 6.54 Å². The van der Waals surface area contributed by atoms with Gasteiger partial charge in [0.1, 0.15) is 5.69 Å². The van der Waals surface area contributed by atoms with Crippen molar-refractivity contribution < 1.29 is 4.79 Å². The summed E-state index contributed by atoms with van der Waals surface area (Å²) < 4.78 is 2.50. The predicted molar refractivity (Wildman–Crippen MR) is 99.1 cm³/mol. The zero-order valence-electron chi connectivity index (χ0n) is 14.1. The van der Waals surface area contributed by atoms with Crippen molar-refractivity contribution in [3.05, 3.63) is 57.5 Å². The second kappa shape index (κ2) is 8.02. The summed E-state index contributed by atoms with van der Waals surface area (Å²) in [5.74, 6) is -0.272. The highest BCUT2D eigenvalue weighted by Crippen LogP contribution is 2.21. The van der Waals surface area contributed by atoms with E-state index in [-0.39, 0.29) is 17.2 Å². The number of carbonyl (C=O) groups excluding carboxylic acids is 1. The van der Waals surface area contributed by atoms with Crippen molar-refractivity contribution in [2.45, 2.75) is 32.7 Å². The summed E-state index contributed by atoms with van der Waals surface area (Å²) in [6.45, 7) is 3.06. The number of nitrogens with one attached hydrogen (secondary N) is 1. The molecule has 1 N–H and O–H groups in total. The Bertz CT molecular complexity index is 899. The molecule has 0 saturated heterocycles. The minimum Gasteiger partial charge on any atom is -0.350 e. The molecule has 6 nitrogen and oxygen atoms in total. The van der Waals surface area contributed by atoms with Gasteiger partial charge in [0.25, 0.3) is 11.5 Å². The average Bonchev–Trinajstić information content (AvgIpc) is 3.03. The summed E-state index contributed by atoms with van der Waals surface area (Å²) in [4.78, 5) is 28.5. The molecule has 2 heterocycles. The van der Waals surface area contributed by atoms with Gasteiger partial charge in [0.2, 0.25) is 0 Å². The van der Waals surface area contributed by atoms with Crippen LogP contribution in [0.3, 0.4) is 0 Å². The second-order valence-electron chi connectivity index (χ2n) is 5.71. The first-order chi connectivity index (χ1) is 12.2. The summed E-state index contributed by atoms with van der Waals surface area (Å²) in [6, 6.07) is 10.8. The van der Waals surface area contributed by atoms with Gasteiger partial charge in [0, 0.05) is 25.6 Å². The molecule has 25 heavy (non-hydrogen) atoms. The number of para-hydroxylation sites is 1. The van der Waals surface area contributed by atoms with Crippen LogP contribution in [0.5, 0.6) is 0 Å². The van der Waals surface area contributed by atoms with Gasteiger partial charge in [0.05, 0.1) is 15.2 Å². The summed E-state index contributed by atoms with van der Waals surface area (Å²) in [7, 11) is 0. The lowest BCUT2D eigenvalue weighted by Crippen LogP contribution is -2.30. The van der Waals surface area contributed by atoms with E-state index in [9.17, 15) is 9.59 Å². The molecule has 1 aromatic carbocycles. The molecule has 3 aromatic rings. The molecule has 7 heteroatoms. The smallest absolute Gasteiger partial charge is 0.271 e. The van der Waals surface area contributed by atoms with E-state index >= 15 is 0 Å². The fourth-order valence-electron chi connectivity index (χ4n) is 2.44. The second-order valence-corrected chi connectivity index (χ2v) is 6.83. The van der Waals surface area contributed by atoms with E-state index < -0.39 is 0 Å². The SMILES string of the molecule is CCCCn1nc(C(=O)NCCc2nc3ccccc3s2)ccc1=O. The minimum atomic E-state index is -0.272. The van der Waals surface area contributed by atoms with Gasteiger partial charge in [-0.3, -0.25) is 9.59 Å². The normalized spacial score (nSPS) is 10.9. The zero-order valence-corrected chi connectivity index (χ0v) is 14.9. The molecule has 0 aliphatic rings. The highest BCUT2D eigenvalue weighted by Gasteiger charge is 2.10. The Balaban J connectivity index is 1.59. The number of unbranched alkanes of at least 4 members (excludes halogenated alkanes) is 1. The Morgan fingerprint density at radius 2 is 2.08 bits per heavy atom. The van der Waals surface area contributed by atoms with Crippen molar-refractivity contribution in [3.63, 3.8) is 0 Å². The average molecular weight is 356 g/mol. The highest BCUT2D eigenvalue weighted by molar-refractivity contribution is 7.18. The molecule has 3 rings (SSSR count). The van der Waals surface area contributed by atoms with Gasteiger partial charge in [-0.25, -0.2) is 9.67 Å². The van der Waals surface area contributed by atoms with Crippen LogP contribution < -0.4 is 10.9 Å². The molecule has 0 unspecified atom stereocenters. The molecule has 0 fully saturated rings. The number of carbonyl (C=O) groups is 1. The molecule has 130 valence electrons. The Morgan fingerprint density at radius 3 is 2.88 bits per heavy atom. The van der Waals surface area contributed by atoms with Crippen LogP contribution in [-0.2, 0) is 13.0 Å². The maximum atomic E-state index is 12.2. The number of fused-ring (bicyclic) bond motifs is 1. The molecule has 0 radical (unpaired) electrons. The van der Waals surface area contributed by atoms with Crippen LogP contribution in [0, 0.1) is 0 Å². The highest BCUT2D eigenvalue weighted by atomic mass is 32.1. The lowest BCUT2D eigenvalue weighted by atomic mass is 10.3. The molecule has 2 aromatic heterocycles. The first-order valence-corrected chi connectivity index (χ1v) is 9.20. The van der Waals surface area contributed by atoms with Gasteiger partial charge in [0.15, 0.2) is 0 Å². The van der Waals surface area contributed by atoms with Crippen LogP contribution >= 0.6 is 11.3 Å².